The van der Waals surface area contributed by atoms with Crippen molar-refractivity contribution in [3.63, 3.8) is 0 Å². The molecule has 0 saturated heterocycles. The largest absolute Gasteiger partial charge is 0.490 e. The summed E-state index contributed by atoms with van der Waals surface area (Å²) < 4.78 is 11.8. The Morgan fingerprint density at radius 2 is 1.89 bits per heavy atom. The van der Waals surface area contributed by atoms with Crippen LogP contribution in [0.4, 0.5) is 5.69 Å². The average molecular weight is 380 g/mol. The van der Waals surface area contributed by atoms with Gasteiger partial charge in [-0.15, -0.1) is 0 Å². The molecule has 0 aromatic heterocycles. The van der Waals surface area contributed by atoms with E-state index < -0.39 is 0 Å². The van der Waals surface area contributed by atoms with E-state index in [1.54, 1.807) is 0 Å². The Balaban J connectivity index is 1.66. The third kappa shape index (κ3) is 3.66. The van der Waals surface area contributed by atoms with Crippen molar-refractivity contribution in [2.24, 2.45) is 0 Å². The zero-order chi connectivity index (χ0) is 19.5. The maximum Gasteiger partial charge on any atom is 0.258 e. The number of amides is 1. The Labute approximate surface area is 166 Å². The lowest BCUT2D eigenvalue weighted by Crippen LogP contribution is -2.44. The molecular formula is C23H28N2O3. The molecule has 1 amide bonds. The van der Waals surface area contributed by atoms with Crippen molar-refractivity contribution in [2.45, 2.75) is 51.7 Å². The summed E-state index contributed by atoms with van der Waals surface area (Å²) in [6.45, 7) is 5.36. The van der Waals surface area contributed by atoms with Gasteiger partial charge < -0.3 is 19.7 Å². The highest BCUT2D eigenvalue weighted by molar-refractivity contribution is 6.02. The Morgan fingerprint density at radius 3 is 2.64 bits per heavy atom. The van der Waals surface area contributed by atoms with Crippen molar-refractivity contribution in [2.75, 3.05) is 18.5 Å². The molecule has 2 aromatic carbocycles. The number of benzene rings is 2. The van der Waals surface area contributed by atoms with E-state index in [4.69, 9.17) is 9.47 Å². The van der Waals surface area contributed by atoms with E-state index in [0.29, 0.717) is 19.3 Å². The van der Waals surface area contributed by atoms with Gasteiger partial charge >= 0.3 is 0 Å². The third-order valence-electron chi connectivity index (χ3n) is 5.24. The molecule has 1 atom stereocenters. The summed E-state index contributed by atoms with van der Waals surface area (Å²) in [5.74, 6) is 1.60. The topological polar surface area (TPSA) is 50.8 Å². The summed E-state index contributed by atoms with van der Waals surface area (Å²) in [7, 11) is 0. The van der Waals surface area contributed by atoms with Gasteiger partial charge in [-0.05, 0) is 56.0 Å². The van der Waals surface area contributed by atoms with Crippen LogP contribution in [0.3, 0.4) is 0 Å². The third-order valence-corrected chi connectivity index (χ3v) is 5.24. The van der Waals surface area contributed by atoms with Crippen LogP contribution in [0.15, 0.2) is 42.5 Å². The molecule has 1 saturated carbocycles. The minimum absolute atomic E-state index is 0.100. The Kier molecular flexibility index (Phi) is 5.42. The molecule has 5 nitrogen and oxygen atoms in total. The highest BCUT2D eigenvalue weighted by Crippen LogP contribution is 2.42. The molecule has 1 fully saturated rings. The predicted octanol–water partition coefficient (Wildman–Crippen LogP) is 4.99. The van der Waals surface area contributed by atoms with Crippen LogP contribution in [0, 0.1) is 0 Å². The molecular weight excluding hydrogens is 352 g/mol. The molecule has 5 heteroatoms. The van der Waals surface area contributed by atoms with Crippen LogP contribution in [0.25, 0.3) is 0 Å². The van der Waals surface area contributed by atoms with Gasteiger partial charge in [-0.25, -0.2) is 0 Å². The van der Waals surface area contributed by atoms with Crippen LogP contribution in [0.5, 0.6) is 11.5 Å². The van der Waals surface area contributed by atoms with Gasteiger partial charge in [-0.3, -0.25) is 4.79 Å². The zero-order valence-corrected chi connectivity index (χ0v) is 16.6. The van der Waals surface area contributed by atoms with Crippen molar-refractivity contribution >= 4 is 11.6 Å². The van der Waals surface area contributed by atoms with Crippen LogP contribution in [0.1, 0.15) is 61.6 Å². The number of anilines is 1. The molecule has 28 heavy (non-hydrogen) atoms. The number of ether oxygens (including phenoxy) is 2. The van der Waals surface area contributed by atoms with Crippen molar-refractivity contribution in [3.8, 4) is 11.5 Å². The molecule has 2 aliphatic rings. The number of hydrogen-bond donors (Lipinski definition) is 1. The van der Waals surface area contributed by atoms with Gasteiger partial charge in [-0.1, -0.05) is 31.5 Å². The Morgan fingerprint density at radius 1 is 1.07 bits per heavy atom. The van der Waals surface area contributed by atoms with E-state index in [1.807, 2.05) is 54.3 Å². The lowest BCUT2D eigenvalue weighted by molar-refractivity contribution is 0.0666. The van der Waals surface area contributed by atoms with Crippen LogP contribution in [-0.2, 0) is 0 Å². The number of unbranched alkanes of at least 4 members (excludes halogenated alkanes) is 1. The van der Waals surface area contributed by atoms with E-state index in [9.17, 15) is 4.79 Å². The molecule has 0 bridgehead atoms. The summed E-state index contributed by atoms with van der Waals surface area (Å²) in [5, 5.41) is 3.56. The standard InChI is InChI=1S/C23H28N2O3/c1-3-5-14-28-20-13-10-16(15-21(20)27-4-2)22-24-19-9-7-6-8-18(19)23(26)25(22)17-11-12-17/h6-10,13,15,17,22,24H,3-5,11-12,14H2,1-2H3/t22-/m0/s1. The molecule has 2 aromatic rings. The average Bonchev–Trinajstić information content (AvgIpc) is 3.54. The molecule has 0 radical (unpaired) electrons. The van der Waals surface area contributed by atoms with Crippen molar-refractivity contribution in [1.29, 1.82) is 0 Å². The first kappa shape index (κ1) is 18.7. The molecule has 0 unspecified atom stereocenters. The molecule has 4 rings (SSSR count). The van der Waals surface area contributed by atoms with Crippen LogP contribution < -0.4 is 14.8 Å². The number of rotatable bonds is 8. The lowest BCUT2D eigenvalue weighted by Gasteiger charge is -2.38. The first-order valence-electron chi connectivity index (χ1n) is 10.3. The fourth-order valence-corrected chi connectivity index (χ4v) is 3.65. The maximum atomic E-state index is 13.2. The number of carbonyl (C=O) groups is 1. The second-order valence-corrected chi connectivity index (χ2v) is 7.38. The van der Waals surface area contributed by atoms with Gasteiger partial charge in [0.15, 0.2) is 11.5 Å². The highest BCUT2D eigenvalue weighted by atomic mass is 16.5. The number of nitrogens with one attached hydrogen (secondary N) is 1. The maximum absolute atomic E-state index is 13.2. The highest BCUT2D eigenvalue weighted by Gasteiger charge is 2.42. The van der Waals surface area contributed by atoms with Gasteiger partial charge in [-0.2, -0.15) is 0 Å². The quantitative estimate of drug-likeness (QED) is 0.655. The van der Waals surface area contributed by atoms with E-state index in [2.05, 4.69) is 12.2 Å². The summed E-state index contributed by atoms with van der Waals surface area (Å²) >= 11 is 0. The van der Waals surface area contributed by atoms with Crippen molar-refractivity contribution in [3.05, 3.63) is 53.6 Å². The monoisotopic (exact) mass is 380 g/mol. The number of fused-ring (bicyclic) bond motifs is 1. The van der Waals surface area contributed by atoms with Crippen molar-refractivity contribution in [1.82, 2.24) is 4.90 Å². The lowest BCUT2D eigenvalue weighted by atomic mass is 10.0. The fraction of sp³-hybridized carbons (Fsp3) is 0.435. The molecule has 148 valence electrons. The summed E-state index contributed by atoms with van der Waals surface area (Å²) in [6.07, 6.45) is 4.02. The van der Waals surface area contributed by atoms with E-state index in [-0.39, 0.29) is 12.1 Å². The molecule has 0 spiro atoms. The zero-order valence-electron chi connectivity index (χ0n) is 16.6. The minimum atomic E-state index is -0.196. The normalized spacial score (nSPS) is 18.4. The van der Waals surface area contributed by atoms with Crippen LogP contribution >= 0.6 is 0 Å². The molecule has 1 aliphatic heterocycles. The second kappa shape index (κ2) is 8.13. The van der Waals surface area contributed by atoms with Gasteiger partial charge in [0.05, 0.1) is 18.8 Å². The van der Waals surface area contributed by atoms with Gasteiger partial charge in [0, 0.05) is 11.7 Å². The first-order chi connectivity index (χ1) is 13.7. The number of nitrogens with zero attached hydrogens (tertiary/aromatic N) is 1. The fourth-order valence-electron chi connectivity index (χ4n) is 3.65. The predicted molar refractivity (Wildman–Crippen MR) is 110 cm³/mol. The van der Waals surface area contributed by atoms with E-state index >= 15 is 0 Å². The Hall–Kier alpha value is -2.69. The molecule has 1 N–H and O–H groups in total. The smallest absolute Gasteiger partial charge is 0.258 e. The number of carbonyl (C=O) groups excluding carboxylic acids is 1. The first-order valence-corrected chi connectivity index (χ1v) is 10.3. The summed E-state index contributed by atoms with van der Waals surface area (Å²) in [6, 6.07) is 14.1. The van der Waals surface area contributed by atoms with Gasteiger partial charge in [0.1, 0.15) is 6.17 Å². The van der Waals surface area contributed by atoms with E-state index in [0.717, 1.165) is 54.0 Å². The Bertz CT molecular complexity index is 847. The number of para-hydroxylation sites is 1. The number of hydrogen-bond acceptors (Lipinski definition) is 4. The molecule has 1 heterocycles. The van der Waals surface area contributed by atoms with Crippen LogP contribution in [0.2, 0.25) is 0 Å². The second-order valence-electron chi connectivity index (χ2n) is 7.38. The van der Waals surface area contributed by atoms with Crippen LogP contribution in [-0.4, -0.2) is 30.1 Å². The van der Waals surface area contributed by atoms with Gasteiger partial charge in [0.25, 0.3) is 5.91 Å². The summed E-state index contributed by atoms with van der Waals surface area (Å²) in [4.78, 5) is 15.2. The minimum Gasteiger partial charge on any atom is -0.490 e. The molecule has 1 aliphatic carbocycles. The van der Waals surface area contributed by atoms with E-state index in [1.165, 1.54) is 0 Å². The summed E-state index contributed by atoms with van der Waals surface area (Å²) in [5.41, 5.74) is 2.65. The SMILES string of the molecule is CCCCOc1ccc([C@H]2Nc3ccccc3C(=O)N2C2CC2)cc1OCC. The van der Waals surface area contributed by atoms with Crippen molar-refractivity contribution < 1.29 is 14.3 Å². The van der Waals surface area contributed by atoms with Gasteiger partial charge in [0.2, 0.25) is 0 Å².